The van der Waals surface area contributed by atoms with Gasteiger partial charge in [-0.1, -0.05) is 27.0 Å². The first-order valence-corrected chi connectivity index (χ1v) is 27.8. The van der Waals surface area contributed by atoms with E-state index in [-0.39, 0.29) is 102 Å². The van der Waals surface area contributed by atoms with Crippen molar-refractivity contribution in [1.82, 2.24) is 9.97 Å². The zero-order chi connectivity index (χ0) is 63.5. The summed E-state index contributed by atoms with van der Waals surface area (Å²) < 4.78 is 241. The van der Waals surface area contributed by atoms with Gasteiger partial charge in [-0.2, -0.15) is 61.5 Å². The number of carbonyl (C=O) groups excluding carboxylic acids is 4. The van der Waals surface area contributed by atoms with Gasteiger partial charge in [0.1, 0.15) is 0 Å². The van der Waals surface area contributed by atoms with E-state index in [0.717, 1.165) is 67.2 Å². The van der Waals surface area contributed by atoms with Crippen LogP contribution in [-0.2, 0) is 29.9 Å². The van der Waals surface area contributed by atoms with Crippen LogP contribution in [0, 0.1) is 42.5 Å². The summed E-state index contributed by atoms with van der Waals surface area (Å²) in [5.41, 5.74) is -16.5. The van der Waals surface area contributed by atoms with Crippen molar-refractivity contribution >= 4 is 134 Å². The number of hydrogen-bond acceptors (Lipinski definition) is 7. The van der Waals surface area contributed by atoms with Crippen molar-refractivity contribution in [2.24, 2.45) is 11.8 Å². The van der Waals surface area contributed by atoms with Gasteiger partial charge in [0, 0.05) is 71.3 Å². The Morgan fingerprint density at radius 3 is 1.33 bits per heavy atom. The van der Waals surface area contributed by atoms with Crippen molar-refractivity contribution in [3.05, 3.63) is 170 Å². The van der Waals surface area contributed by atoms with Gasteiger partial charge >= 0.3 is 36.0 Å². The van der Waals surface area contributed by atoms with Crippen LogP contribution in [0.2, 0.25) is 0 Å². The molecule has 3 N–H and O–H groups in total. The molecule has 10 nitrogen and oxygen atoms in total. The molecule has 88 heavy (non-hydrogen) atoms. The van der Waals surface area contributed by atoms with Gasteiger partial charge < -0.3 is 20.9 Å². The average molecular weight is 1680 g/mol. The number of anilines is 4. The van der Waals surface area contributed by atoms with Crippen LogP contribution in [0.5, 0.6) is 0 Å². The van der Waals surface area contributed by atoms with Crippen LogP contribution >= 0.6 is 88.6 Å². The summed E-state index contributed by atoms with van der Waals surface area (Å²) in [6, 6.07) is 13.1. The van der Waals surface area contributed by atoms with Crippen LogP contribution in [-0.4, -0.2) is 70.7 Å². The molecule has 2 aliphatic carbocycles. The summed E-state index contributed by atoms with van der Waals surface area (Å²) in [6.07, 6.45) is -19.7. The van der Waals surface area contributed by atoms with Crippen molar-refractivity contribution in [1.29, 1.82) is 0 Å². The number of rotatable bonds is 14. The van der Waals surface area contributed by atoms with E-state index in [9.17, 15) is 93.8 Å². The van der Waals surface area contributed by atoms with E-state index in [4.69, 9.17) is 11.6 Å². The number of aromatic nitrogens is 2. The smallest absolute Gasteiger partial charge is 0.382 e. The molecule has 0 aliphatic heterocycles. The third kappa shape index (κ3) is 18.0. The number of hydrogen-bond donors (Lipinski definition) is 3. The molecule has 0 atom stereocenters. The van der Waals surface area contributed by atoms with E-state index in [1.165, 1.54) is 81.6 Å². The number of alkyl halides is 14. The molecule has 0 spiro atoms. The predicted molar refractivity (Wildman–Crippen MR) is 310 cm³/mol. The normalized spacial score (nSPS) is 13.4. The van der Waals surface area contributed by atoms with Gasteiger partial charge in [0.15, 0.2) is 11.6 Å². The fourth-order valence-electron chi connectivity index (χ4n) is 7.44. The van der Waals surface area contributed by atoms with Crippen LogP contribution in [0.25, 0.3) is 0 Å². The number of amides is 3. The second-order valence-corrected chi connectivity index (χ2v) is 22.7. The molecule has 4 aromatic carbocycles. The number of carbonyl (C=O) groups is 4. The van der Waals surface area contributed by atoms with E-state index in [0.29, 0.717) is 18.5 Å². The topological polar surface area (TPSA) is 133 Å². The molecule has 2 saturated carbocycles. The second-order valence-electron chi connectivity index (χ2n) is 18.3. The van der Waals surface area contributed by atoms with Crippen molar-refractivity contribution < 1.29 is 117 Å². The SMILES string of the molecule is C.C.O=C(Cl)c1ccc(F)nc1.O=C(Nc1c(Br)cc(C(F)(C(F)(F)F)C(F)(F)F)cc1I)c1cccc(N(CC2CC2)C(=O)c2ccc(F)nc2)c1F.O=C(Nc1c(Br)cc(C(F)(C(F)(F)F)C(F)(F)F)cc1I)c1cccc(NCC2CC2)c1F.[V]. The van der Waals surface area contributed by atoms with Crippen LogP contribution in [0.1, 0.15) is 93.1 Å². The molecule has 0 unspecified atom stereocenters. The Balaban J connectivity index is 0.000000392. The van der Waals surface area contributed by atoms with Crippen LogP contribution in [0.3, 0.4) is 0 Å². The summed E-state index contributed by atoms with van der Waals surface area (Å²) in [5, 5.41) is 6.71. The van der Waals surface area contributed by atoms with Crippen LogP contribution < -0.4 is 20.9 Å². The number of nitrogens with one attached hydrogen (secondary N) is 3. The molecule has 2 aliphatic rings. The van der Waals surface area contributed by atoms with E-state index in [1.807, 2.05) is 0 Å². The summed E-state index contributed by atoms with van der Waals surface area (Å²) in [5.74, 6) is -5.89. The Morgan fingerprint density at radius 2 is 0.966 bits per heavy atom. The molecule has 0 bridgehead atoms. The molecule has 2 fully saturated rings. The Labute approximate surface area is 549 Å². The van der Waals surface area contributed by atoms with Crippen molar-refractivity contribution in [3.63, 3.8) is 0 Å². The third-order valence-corrected chi connectivity index (χ3v) is 15.4. The zero-order valence-electron chi connectivity index (χ0n) is 42.2. The maximum Gasteiger partial charge on any atom is 0.435 e. The first-order chi connectivity index (χ1) is 39.3. The van der Waals surface area contributed by atoms with Crippen LogP contribution in [0.4, 0.5) is 102 Å². The molecular formula is C54H41Br2ClF18I2N6O4V. The molecule has 34 heteroatoms. The van der Waals surface area contributed by atoms with Gasteiger partial charge in [0.2, 0.25) is 11.9 Å². The number of benzene rings is 4. The first kappa shape index (κ1) is 77.3. The van der Waals surface area contributed by atoms with Gasteiger partial charge in [-0.05, 0) is 199 Å². The van der Waals surface area contributed by atoms with E-state index >= 15 is 4.39 Å². The molecule has 2 aromatic heterocycles. The molecule has 477 valence electrons. The van der Waals surface area contributed by atoms with Crippen molar-refractivity contribution in [2.45, 2.75) is 76.6 Å². The largest absolute Gasteiger partial charge is 0.435 e. The minimum absolute atomic E-state index is 0. The molecule has 6 aromatic rings. The Hall–Kier alpha value is -4.91. The summed E-state index contributed by atoms with van der Waals surface area (Å²) in [4.78, 5) is 56.9. The minimum atomic E-state index is -6.35. The van der Waals surface area contributed by atoms with E-state index in [2.05, 4.69) is 57.8 Å². The first-order valence-electron chi connectivity index (χ1n) is 23.6. The Bertz CT molecular complexity index is 3420. The molecular weight excluding hydrogens is 1640 g/mol. The fourth-order valence-corrected chi connectivity index (χ4v) is 10.9. The average Bonchev–Trinajstić information content (AvgIpc) is 1.26. The molecule has 8 rings (SSSR count). The second kappa shape index (κ2) is 30.5. The molecule has 0 saturated heterocycles. The summed E-state index contributed by atoms with van der Waals surface area (Å²) >= 11 is 13.2. The monoisotopic (exact) mass is 1680 g/mol. The number of nitrogens with zero attached hydrogens (tertiary/aromatic N) is 3. The maximum atomic E-state index is 15.7. The van der Waals surface area contributed by atoms with Gasteiger partial charge in [-0.15, -0.1) is 0 Å². The molecule has 2 heterocycles. The summed E-state index contributed by atoms with van der Waals surface area (Å²) in [6.45, 7) is 0.600. The Morgan fingerprint density at radius 1 is 0.568 bits per heavy atom. The van der Waals surface area contributed by atoms with E-state index < -0.39 is 117 Å². The predicted octanol–water partition coefficient (Wildman–Crippen LogP) is 18.8. The maximum absolute atomic E-state index is 15.7. The fraction of sp³-hybridized carbons (Fsp3) is 0.296. The van der Waals surface area contributed by atoms with Crippen molar-refractivity contribution in [2.75, 3.05) is 33.9 Å². The van der Waals surface area contributed by atoms with Gasteiger partial charge in [0.25, 0.3) is 23.0 Å². The van der Waals surface area contributed by atoms with Gasteiger partial charge in [0.05, 0.1) is 45.0 Å². The standard InChI is InChI=1S/C26H16BrF9IN3O2.C20H14BrF8IN2O.C6H3ClFNO.2CH4.V/c27-16-8-14(24(30,25(31,32)33)26(34,35)36)9-17(37)21(16)39-22(41)15-2-1-3-18(20(15)29)40(11-12-4-5-12)23(42)13-6-7-19(28)38-10-13;21-12-6-10(18(23,19(24,25)26)20(27,28)29)7-13(30)16(12)32-17(33)11-2-1-3-14(15(11)22)31-8-9-4-5-9;7-6(10)4-1-2-5(8)9-3-4;;;/h1-3,6-10,12H,4-5,11H2,(H,39,41);1-3,6-7,9,31H,4-5,8H2,(H,32,33);1-3H;2*1H4;. The molecule has 1 radical (unpaired) electrons. The zero-order valence-corrected chi connectivity index (χ0v) is 51.9. The van der Waals surface area contributed by atoms with E-state index in [1.54, 1.807) is 0 Å². The Kier molecular flexibility index (Phi) is 26.8. The quantitative estimate of drug-likeness (QED) is 0.0428. The minimum Gasteiger partial charge on any atom is -0.382 e. The molecule has 3 amide bonds. The van der Waals surface area contributed by atoms with Gasteiger partial charge in [-0.25, -0.2) is 27.5 Å². The number of halogens is 23. The van der Waals surface area contributed by atoms with Gasteiger partial charge in [-0.3, -0.25) is 19.2 Å². The summed E-state index contributed by atoms with van der Waals surface area (Å²) in [7, 11) is 0. The third-order valence-electron chi connectivity index (χ3n) is 12.3. The van der Waals surface area contributed by atoms with Crippen LogP contribution in [0.15, 0.2) is 106 Å². The van der Waals surface area contributed by atoms with Crippen molar-refractivity contribution in [3.8, 4) is 0 Å². The number of pyridine rings is 2.